The number of anilines is 1. The van der Waals surface area contributed by atoms with Crippen molar-refractivity contribution in [1.82, 2.24) is 30.7 Å². The number of rotatable bonds is 6. The number of ether oxygens (including phenoxy) is 1. The minimum absolute atomic E-state index is 0.0716. The molecule has 0 spiro atoms. The standard InChI is InChI=1S/C25H29N7O2/c1-14-23(34-2)12-21(29-28-14)15-3-8-20(22(33)9-15)25-26-13-24(30-31-25)32(18-6-7-18)19-10-16-4-5-17(11-19)27-16/h3,8-9,12-13,16-19,27,33H,4-7,10-11H2,1-2H3/t16-,17+,19?. The molecule has 1 aliphatic carbocycles. The molecule has 1 unspecified atom stereocenters. The van der Waals surface area contributed by atoms with Crippen LogP contribution in [0.25, 0.3) is 22.6 Å². The second-order valence-corrected chi connectivity index (χ2v) is 9.66. The Morgan fingerprint density at radius 3 is 2.41 bits per heavy atom. The second-order valence-electron chi connectivity index (χ2n) is 9.66. The van der Waals surface area contributed by atoms with E-state index in [-0.39, 0.29) is 5.75 Å². The van der Waals surface area contributed by atoms with E-state index >= 15 is 0 Å². The van der Waals surface area contributed by atoms with Crippen molar-refractivity contribution in [3.05, 3.63) is 36.2 Å². The van der Waals surface area contributed by atoms with Gasteiger partial charge in [0, 0.05) is 35.8 Å². The van der Waals surface area contributed by atoms with Gasteiger partial charge in [-0.15, -0.1) is 15.3 Å². The van der Waals surface area contributed by atoms with E-state index in [9.17, 15) is 5.11 Å². The number of fused-ring (bicyclic) bond motifs is 2. The molecule has 2 aromatic heterocycles. The molecule has 9 heteroatoms. The molecule has 3 atom stereocenters. The molecule has 2 N–H and O–H groups in total. The summed E-state index contributed by atoms with van der Waals surface area (Å²) in [6, 6.07) is 9.40. The van der Waals surface area contributed by atoms with Crippen molar-refractivity contribution >= 4 is 5.82 Å². The Hall–Kier alpha value is -3.33. The number of phenolic OH excluding ortho intramolecular Hbond substituents is 1. The number of piperidine rings is 1. The molecule has 1 aromatic carbocycles. The first-order chi connectivity index (χ1) is 16.6. The molecule has 0 amide bonds. The fraction of sp³-hybridized carbons (Fsp3) is 0.480. The van der Waals surface area contributed by atoms with E-state index in [1.807, 2.05) is 25.3 Å². The Morgan fingerprint density at radius 1 is 0.971 bits per heavy atom. The van der Waals surface area contributed by atoms with Crippen molar-refractivity contribution in [2.24, 2.45) is 0 Å². The van der Waals surface area contributed by atoms with E-state index in [1.54, 1.807) is 19.2 Å². The van der Waals surface area contributed by atoms with Crippen molar-refractivity contribution < 1.29 is 9.84 Å². The third kappa shape index (κ3) is 3.94. The number of nitrogens with zero attached hydrogens (tertiary/aromatic N) is 6. The third-order valence-electron chi connectivity index (χ3n) is 7.28. The Balaban J connectivity index is 1.24. The van der Waals surface area contributed by atoms with Gasteiger partial charge in [-0.3, -0.25) is 0 Å². The molecule has 6 rings (SSSR count). The van der Waals surface area contributed by atoms with E-state index in [2.05, 4.69) is 35.6 Å². The molecule has 0 radical (unpaired) electrons. The van der Waals surface area contributed by atoms with E-state index in [0.717, 1.165) is 24.2 Å². The first kappa shape index (κ1) is 21.2. The summed E-state index contributed by atoms with van der Waals surface area (Å²) >= 11 is 0. The normalized spacial score (nSPS) is 23.6. The number of benzene rings is 1. The molecule has 2 saturated heterocycles. The summed E-state index contributed by atoms with van der Waals surface area (Å²) < 4.78 is 5.34. The molecule has 4 heterocycles. The first-order valence-corrected chi connectivity index (χ1v) is 12.0. The Bertz CT molecular complexity index is 1190. The summed E-state index contributed by atoms with van der Waals surface area (Å²) in [5.74, 6) is 1.97. The van der Waals surface area contributed by atoms with Crippen molar-refractivity contribution in [2.75, 3.05) is 12.0 Å². The lowest BCUT2D eigenvalue weighted by atomic mass is 9.98. The number of nitrogens with one attached hydrogen (secondary N) is 1. The third-order valence-corrected chi connectivity index (χ3v) is 7.28. The van der Waals surface area contributed by atoms with Crippen LogP contribution in [0.2, 0.25) is 0 Å². The van der Waals surface area contributed by atoms with Gasteiger partial charge in [0.1, 0.15) is 17.2 Å². The molecule has 34 heavy (non-hydrogen) atoms. The lowest BCUT2D eigenvalue weighted by Crippen LogP contribution is -2.49. The van der Waals surface area contributed by atoms with Gasteiger partial charge in [-0.05, 0) is 57.6 Å². The summed E-state index contributed by atoms with van der Waals surface area (Å²) in [7, 11) is 1.60. The van der Waals surface area contributed by atoms with Crippen LogP contribution in [0.1, 0.15) is 44.2 Å². The van der Waals surface area contributed by atoms with Crippen LogP contribution < -0.4 is 15.0 Å². The summed E-state index contributed by atoms with van der Waals surface area (Å²) in [6.07, 6.45) is 9.10. The number of hydrogen-bond donors (Lipinski definition) is 2. The zero-order chi connectivity index (χ0) is 23.2. The first-order valence-electron chi connectivity index (χ1n) is 12.0. The molecule has 1 saturated carbocycles. The van der Waals surface area contributed by atoms with E-state index in [4.69, 9.17) is 4.74 Å². The Labute approximate surface area is 198 Å². The molecule has 2 bridgehead atoms. The van der Waals surface area contributed by atoms with Gasteiger partial charge in [0.2, 0.25) is 0 Å². The predicted octanol–water partition coefficient (Wildman–Crippen LogP) is 3.27. The van der Waals surface area contributed by atoms with E-state index in [1.165, 1.54) is 25.7 Å². The minimum Gasteiger partial charge on any atom is -0.507 e. The molecule has 3 aromatic rings. The summed E-state index contributed by atoms with van der Waals surface area (Å²) in [6.45, 7) is 1.84. The highest BCUT2D eigenvalue weighted by Crippen LogP contribution is 2.39. The fourth-order valence-corrected chi connectivity index (χ4v) is 5.45. The molecular weight excluding hydrogens is 430 g/mol. The van der Waals surface area contributed by atoms with Gasteiger partial charge in [0.05, 0.1) is 24.6 Å². The molecule has 2 aliphatic heterocycles. The molecule has 9 nitrogen and oxygen atoms in total. The van der Waals surface area contributed by atoms with Crippen LogP contribution >= 0.6 is 0 Å². The Morgan fingerprint density at radius 2 is 1.76 bits per heavy atom. The van der Waals surface area contributed by atoms with Crippen LogP contribution in [0, 0.1) is 6.92 Å². The molecule has 3 aliphatic rings. The van der Waals surface area contributed by atoms with Crippen LogP contribution in [-0.4, -0.2) is 61.8 Å². The zero-order valence-electron chi connectivity index (χ0n) is 19.5. The van der Waals surface area contributed by atoms with Crippen LogP contribution in [0.15, 0.2) is 30.5 Å². The lowest BCUT2D eigenvalue weighted by molar-refractivity contribution is 0.343. The number of aromatic hydroxyl groups is 1. The van der Waals surface area contributed by atoms with Crippen LogP contribution in [0.3, 0.4) is 0 Å². The van der Waals surface area contributed by atoms with Crippen molar-refractivity contribution in [3.63, 3.8) is 0 Å². The maximum absolute atomic E-state index is 10.7. The van der Waals surface area contributed by atoms with E-state index < -0.39 is 0 Å². The summed E-state index contributed by atoms with van der Waals surface area (Å²) in [4.78, 5) is 7.05. The van der Waals surface area contributed by atoms with Gasteiger partial charge in [-0.2, -0.15) is 5.10 Å². The highest BCUT2D eigenvalue weighted by atomic mass is 16.5. The average Bonchev–Trinajstić information content (AvgIpc) is 3.63. The van der Waals surface area contributed by atoms with Gasteiger partial charge in [-0.1, -0.05) is 6.07 Å². The van der Waals surface area contributed by atoms with Crippen LogP contribution in [-0.2, 0) is 0 Å². The second kappa shape index (κ2) is 8.47. The molecular formula is C25H29N7O2. The van der Waals surface area contributed by atoms with Gasteiger partial charge >= 0.3 is 0 Å². The van der Waals surface area contributed by atoms with Crippen molar-refractivity contribution in [3.8, 4) is 34.1 Å². The summed E-state index contributed by atoms with van der Waals surface area (Å²) in [5.41, 5.74) is 2.60. The lowest BCUT2D eigenvalue weighted by Gasteiger charge is -2.38. The van der Waals surface area contributed by atoms with Gasteiger partial charge in [0.15, 0.2) is 11.6 Å². The van der Waals surface area contributed by atoms with Gasteiger partial charge in [0.25, 0.3) is 0 Å². The number of aromatic nitrogens is 5. The van der Waals surface area contributed by atoms with Crippen molar-refractivity contribution in [1.29, 1.82) is 0 Å². The highest BCUT2D eigenvalue weighted by Gasteiger charge is 2.41. The number of phenols is 1. The minimum atomic E-state index is 0.0716. The number of aryl methyl sites for hydroxylation is 1. The largest absolute Gasteiger partial charge is 0.507 e. The van der Waals surface area contributed by atoms with Gasteiger partial charge in [-0.25, -0.2) is 4.98 Å². The van der Waals surface area contributed by atoms with E-state index in [0.29, 0.717) is 52.7 Å². The topological polar surface area (TPSA) is 109 Å². The number of methoxy groups -OCH3 is 1. The quantitative estimate of drug-likeness (QED) is 0.574. The fourth-order valence-electron chi connectivity index (χ4n) is 5.45. The highest BCUT2D eigenvalue weighted by molar-refractivity contribution is 5.71. The SMILES string of the molecule is COc1cc(-c2ccc(-c3ncc(N(C4CC4)C4C[C@H]5CC[C@@H](C4)N5)nn3)c(O)c2)nnc1C. The molecule has 3 fully saturated rings. The van der Waals surface area contributed by atoms with Gasteiger partial charge < -0.3 is 20.1 Å². The zero-order valence-corrected chi connectivity index (χ0v) is 19.5. The predicted molar refractivity (Wildman–Crippen MR) is 128 cm³/mol. The maximum Gasteiger partial charge on any atom is 0.185 e. The maximum atomic E-state index is 10.7. The summed E-state index contributed by atoms with van der Waals surface area (Å²) in [5, 5.41) is 31.8. The average molecular weight is 460 g/mol. The van der Waals surface area contributed by atoms with Crippen molar-refractivity contribution in [2.45, 2.75) is 69.6 Å². The molecule has 176 valence electrons. The smallest absolute Gasteiger partial charge is 0.185 e. The van der Waals surface area contributed by atoms with Crippen LogP contribution in [0.4, 0.5) is 5.82 Å². The Kier molecular flexibility index (Phi) is 5.28. The monoisotopic (exact) mass is 459 g/mol. The number of hydrogen-bond acceptors (Lipinski definition) is 9. The van der Waals surface area contributed by atoms with Crippen LogP contribution in [0.5, 0.6) is 11.5 Å².